The average molecular weight is 914 g/mol. The molecule has 0 bridgehead atoms. The summed E-state index contributed by atoms with van der Waals surface area (Å²) in [6, 6.07) is 26.1. The summed E-state index contributed by atoms with van der Waals surface area (Å²) in [6.07, 6.45) is 27.7. The zero-order valence-corrected chi connectivity index (χ0v) is 43.6. The number of allylic oxidation sites excluding steroid dienone is 7. The second-order valence-corrected chi connectivity index (χ2v) is 21.1. The lowest BCUT2D eigenvalue weighted by molar-refractivity contribution is 0.286. The Morgan fingerprint density at radius 3 is 1.87 bits per heavy atom. The van der Waals surface area contributed by atoms with Crippen molar-refractivity contribution in [2.75, 3.05) is 0 Å². The van der Waals surface area contributed by atoms with Crippen LogP contribution in [-0.4, -0.2) is 16.4 Å². The first-order chi connectivity index (χ1) is 30.3. The second-order valence-electron chi connectivity index (χ2n) is 21.1. The second kappa shape index (κ2) is 28.7. The fraction of sp³-hybridized carbons (Fsp3) is 0.562. The van der Waals surface area contributed by atoms with Crippen molar-refractivity contribution in [1.82, 2.24) is 0 Å². The van der Waals surface area contributed by atoms with E-state index in [-0.39, 0.29) is 29.3 Å². The fourth-order valence-electron chi connectivity index (χ4n) is 11.7. The number of fused-ring (bicyclic) bond motifs is 1. The standard InChI is InChI=1S/C33H40.C26H38.2C2H6.CH4.3HO/c1-5-25-7-9-26(10-8-25)19-27-11-13-28(14-12-27)29-15-17-32-24(4)33(21-30(32)20-29)31-16-6-22(2)18-23(31)3;1-6-20-13-15-26(5,24(19-20)25(2,3)4)16-14-22-11-8-12-23(18-22)17-21-9-7-10-21;2*1-2;;;;/h7-10,15,17,20,27-28,31,33H,2-6,11-14,16,18-19,21H2,1H3;8,11-13,18-19,21H,6-7,9-10,14-17H2,1-5H3;2*1-2H3;1H4;3*1H/t27?,28?,31-,33?;;;;;;;/m1......./s1. The summed E-state index contributed by atoms with van der Waals surface area (Å²) in [4.78, 5) is 0. The highest BCUT2D eigenvalue weighted by Gasteiger charge is 2.37. The highest BCUT2D eigenvalue weighted by molar-refractivity contribution is 5.74. The SMILES string of the molecule is C.C=C1CC[C@@H](C2Cc3cc(C4CCC(Cc5ccc(CC)cc5)CC4)ccc3C2=C)C(=C)C1.CC.CC.CCC1=CCC(C)(CCc2cccc(CC3CCC3)c2)C(C(C)(C)C)=C1.[OH].[OH].[OH]. The summed E-state index contributed by atoms with van der Waals surface area (Å²) in [6.45, 7) is 35.3. The van der Waals surface area contributed by atoms with Crippen LogP contribution >= 0.6 is 0 Å². The van der Waals surface area contributed by atoms with Gasteiger partial charge in [0.15, 0.2) is 0 Å². The zero-order valence-electron chi connectivity index (χ0n) is 43.6. The molecule has 3 aromatic carbocycles. The van der Waals surface area contributed by atoms with Crippen LogP contribution in [0.5, 0.6) is 0 Å². The molecule has 67 heavy (non-hydrogen) atoms. The van der Waals surface area contributed by atoms with Gasteiger partial charge in [-0.05, 0) is 181 Å². The molecule has 3 atom stereocenters. The third-order valence-electron chi connectivity index (χ3n) is 15.6. The Kier molecular flexibility index (Phi) is 26.2. The Bertz CT molecular complexity index is 2030. The molecule has 3 fully saturated rings. The maximum absolute atomic E-state index is 4.54. The van der Waals surface area contributed by atoms with Crippen molar-refractivity contribution in [2.24, 2.45) is 34.5 Å². The van der Waals surface area contributed by atoms with Crippen LogP contribution in [0.4, 0.5) is 0 Å². The number of benzene rings is 3. The minimum absolute atomic E-state index is 0. The Hall–Kier alpha value is -3.76. The van der Waals surface area contributed by atoms with Gasteiger partial charge in [0.1, 0.15) is 0 Å². The first-order valence-electron chi connectivity index (χ1n) is 26.1. The maximum Gasteiger partial charge on any atom is -0.00554 e. The Morgan fingerprint density at radius 1 is 0.672 bits per heavy atom. The summed E-state index contributed by atoms with van der Waals surface area (Å²) < 4.78 is 0. The van der Waals surface area contributed by atoms with Crippen LogP contribution in [-0.2, 0) is 32.1 Å². The molecule has 3 aromatic rings. The number of hydrogen-bond donors (Lipinski definition) is 3. The van der Waals surface area contributed by atoms with Crippen molar-refractivity contribution in [3.05, 3.63) is 160 Å². The lowest BCUT2D eigenvalue weighted by atomic mass is 9.63. The van der Waals surface area contributed by atoms with Crippen LogP contribution in [0.25, 0.3) is 5.57 Å². The van der Waals surface area contributed by atoms with Gasteiger partial charge in [-0.3, -0.25) is 16.4 Å². The smallest absolute Gasteiger partial charge is 0.00554 e. The third-order valence-corrected chi connectivity index (χ3v) is 15.6. The Labute approximate surface area is 412 Å². The number of hydrogen-bond acceptors (Lipinski definition) is 0. The molecule has 0 aliphatic heterocycles. The van der Waals surface area contributed by atoms with Gasteiger partial charge in [0.05, 0.1) is 0 Å². The molecule has 3 heteroatoms. The van der Waals surface area contributed by atoms with E-state index in [0.717, 1.165) is 49.9 Å². The molecular weight excluding hydrogens is 817 g/mol. The highest BCUT2D eigenvalue weighted by Crippen LogP contribution is 2.50. The molecule has 3 N–H and O–H groups in total. The van der Waals surface area contributed by atoms with E-state index < -0.39 is 0 Å². The highest BCUT2D eigenvalue weighted by atomic mass is 16.0. The van der Waals surface area contributed by atoms with E-state index in [2.05, 4.69) is 140 Å². The van der Waals surface area contributed by atoms with Crippen molar-refractivity contribution in [2.45, 2.75) is 198 Å². The predicted molar refractivity (Wildman–Crippen MR) is 292 cm³/mol. The summed E-state index contributed by atoms with van der Waals surface area (Å²) in [5.74, 6) is 3.66. The molecule has 0 amide bonds. The van der Waals surface area contributed by atoms with Crippen LogP contribution in [0.15, 0.2) is 121 Å². The quantitative estimate of drug-likeness (QED) is 0.160. The van der Waals surface area contributed by atoms with E-state index in [4.69, 9.17) is 0 Å². The number of aryl methyl sites for hydroxylation is 2. The van der Waals surface area contributed by atoms with Gasteiger partial charge in [0, 0.05) is 0 Å². The first kappa shape index (κ1) is 61.3. The lowest BCUT2D eigenvalue weighted by Gasteiger charge is -2.42. The van der Waals surface area contributed by atoms with Gasteiger partial charge in [-0.15, -0.1) is 0 Å². The molecule has 5 aliphatic carbocycles. The molecule has 0 saturated heterocycles. The molecule has 8 rings (SSSR count). The van der Waals surface area contributed by atoms with Crippen molar-refractivity contribution in [1.29, 1.82) is 0 Å². The molecule has 3 radical (unpaired) electrons. The van der Waals surface area contributed by atoms with Gasteiger partial charge in [0.25, 0.3) is 0 Å². The molecule has 0 spiro atoms. The molecule has 371 valence electrons. The summed E-state index contributed by atoms with van der Waals surface area (Å²) >= 11 is 0. The van der Waals surface area contributed by atoms with Crippen LogP contribution in [0.3, 0.4) is 0 Å². The van der Waals surface area contributed by atoms with Gasteiger partial charge in [0.2, 0.25) is 0 Å². The van der Waals surface area contributed by atoms with Gasteiger partial charge >= 0.3 is 0 Å². The molecule has 0 heterocycles. The van der Waals surface area contributed by atoms with Gasteiger partial charge < -0.3 is 0 Å². The van der Waals surface area contributed by atoms with Gasteiger partial charge in [-0.1, -0.05) is 217 Å². The maximum atomic E-state index is 4.54. The van der Waals surface area contributed by atoms with E-state index in [0.29, 0.717) is 17.3 Å². The first-order valence-corrected chi connectivity index (χ1v) is 26.1. The topological polar surface area (TPSA) is 90.0 Å². The van der Waals surface area contributed by atoms with E-state index >= 15 is 0 Å². The molecular formula is C64H97O3. The van der Waals surface area contributed by atoms with Crippen molar-refractivity contribution < 1.29 is 16.4 Å². The molecule has 2 unspecified atom stereocenters. The largest absolute Gasteiger partial charge is 0.255 e. The van der Waals surface area contributed by atoms with Crippen LogP contribution in [0.2, 0.25) is 0 Å². The predicted octanol–water partition coefficient (Wildman–Crippen LogP) is 18.7. The third kappa shape index (κ3) is 16.2. The van der Waals surface area contributed by atoms with Crippen molar-refractivity contribution in [3.8, 4) is 0 Å². The van der Waals surface area contributed by atoms with Crippen molar-refractivity contribution in [3.63, 3.8) is 0 Å². The van der Waals surface area contributed by atoms with Crippen LogP contribution in [0.1, 0.15) is 205 Å². The van der Waals surface area contributed by atoms with E-state index in [1.54, 1.807) is 16.7 Å². The van der Waals surface area contributed by atoms with Crippen LogP contribution in [0, 0.1) is 34.5 Å². The Morgan fingerprint density at radius 2 is 1.28 bits per heavy atom. The molecule has 3 saturated carbocycles. The van der Waals surface area contributed by atoms with Gasteiger partial charge in [-0.2, -0.15) is 0 Å². The monoisotopic (exact) mass is 914 g/mol. The summed E-state index contributed by atoms with van der Waals surface area (Å²) in [7, 11) is 0. The van der Waals surface area contributed by atoms with Gasteiger partial charge in [-0.25, -0.2) is 0 Å². The minimum atomic E-state index is 0. The average Bonchev–Trinajstić information content (AvgIpc) is 3.61. The van der Waals surface area contributed by atoms with Crippen molar-refractivity contribution >= 4 is 5.57 Å². The molecule has 3 nitrogen and oxygen atoms in total. The van der Waals surface area contributed by atoms with Crippen LogP contribution < -0.4 is 0 Å². The zero-order chi connectivity index (χ0) is 45.7. The normalized spacial score (nSPS) is 23.1. The minimum Gasteiger partial charge on any atom is -0.255 e. The number of rotatable bonds is 11. The molecule has 0 aromatic heterocycles. The Balaban J connectivity index is 0.000000604. The lowest BCUT2D eigenvalue weighted by Crippen LogP contribution is -2.30. The summed E-state index contributed by atoms with van der Waals surface area (Å²) in [5.41, 5.74) is 18.4. The fourth-order valence-corrected chi connectivity index (χ4v) is 11.7. The summed E-state index contributed by atoms with van der Waals surface area (Å²) in [5, 5.41) is 0. The van der Waals surface area contributed by atoms with E-state index in [9.17, 15) is 0 Å². The molecule has 5 aliphatic rings. The van der Waals surface area contributed by atoms with E-state index in [1.165, 1.54) is 134 Å². The van der Waals surface area contributed by atoms with E-state index in [1.807, 2.05) is 27.7 Å².